The summed E-state index contributed by atoms with van der Waals surface area (Å²) in [4.78, 5) is 0. The van der Waals surface area contributed by atoms with Crippen LogP contribution in [0.25, 0.3) is 6.08 Å². The highest BCUT2D eigenvalue weighted by molar-refractivity contribution is 5.61. The Labute approximate surface area is 172 Å². The number of nitrogens with zero attached hydrogens (tertiary/aromatic N) is 2. The highest BCUT2D eigenvalue weighted by Gasteiger charge is 2.22. The molecule has 4 nitrogen and oxygen atoms in total. The van der Waals surface area contributed by atoms with E-state index in [9.17, 15) is 5.11 Å². The molecule has 0 heterocycles. The highest BCUT2D eigenvalue weighted by atomic mass is 16.5. The SMILES string of the molecule is C=Cc1ccc(COc2cc(N=Nc3ccccc3)c(O)c(C(C)(C)C)c2)cc1. The molecular formula is C25H26N2O2. The van der Waals surface area contributed by atoms with E-state index in [1.165, 1.54) is 0 Å². The topological polar surface area (TPSA) is 54.2 Å². The highest BCUT2D eigenvalue weighted by Crippen LogP contribution is 2.41. The van der Waals surface area contributed by atoms with Crippen LogP contribution in [0.4, 0.5) is 11.4 Å². The van der Waals surface area contributed by atoms with E-state index in [0.717, 1.165) is 22.4 Å². The molecule has 0 fully saturated rings. The minimum Gasteiger partial charge on any atom is -0.505 e. The van der Waals surface area contributed by atoms with E-state index < -0.39 is 0 Å². The molecular weight excluding hydrogens is 360 g/mol. The molecule has 0 unspecified atom stereocenters. The van der Waals surface area contributed by atoms with Gasteiger partial charge in [-0.25, -0.2) is 0 Å². The third kappa shape index (κ3) is 5.32. The van der Waals surface area contributed by atoms with Crippen LogP contribution >= 0.6 is 0 Å². The average Bonchev–Trinajstić information content (AvgIpc) is 2.72. The zero-order valence-corrected chi connectivity index (χ0v) is 17.1. The van der Waals surface area contributed by atoms with E-state index in [1.54, 1.807) is 6.07 Å². The number of phenolic OH excluding ortho intramolecular Hbond substituents is 1. The number of hydrogen-bond donors (Lipinski definition) is 1. The normalized spacial score (nSPS) is 11.6. The number of ether oxygens (including phenoxy) is 1. The second-order valence-corrected chi connectivity index (χ2v) is 7.86. The van der Waals surface area contributed by atoms with Gasteiger partial charge in [-0.05, 0) is 34.7 Å². The summed E-state index contributed by atoms with van der Waals surface area (Å²) in [5, 5.41) is 19.3. The Morgan fingerprint density at radius 1 is 0.966 bits per heavy atom. The Morgan fingerprint density at radius 2 is 1.66 bits per heavy atom. The van der Waals surface area contributed by atoms with Gasteiger partial charge < -0.3 is 9.84 Å². The van der Waals surface area contributed by atoms with Crippen molar-refractivity contribution in [2.24, 2.45) is 10.2 Å². The van der Waals surface area contributed by atoms with Crippen molar-refractivity contribution in [3.05, 3.63) is 90.0 Å². The van der Waals surface area contributed by atoms with Crippen molar-refractivity contribution >= 4 is 17.5 Å². The van der Waals surface area contributed by atoms with Gasteiger partial charge in [0.1, 0.15) is 23.8 Å². The van der Waals surface area contributed by atoms with Crippen LogP contribution in [0.1, 0.15) is 37.5 Å². The lowest BCUT2D eigenvalue weighted by Crippen LogP contribution is -2.11. The molecule has 1 N–H and O–H groups in total. The number of rotatable bonds is 6. The molecule has 0 aliphatic rings. The van der Waals surface area contributed by atoms with E-state index in [-0.39, 0.29) is 11.2 Å². The molecule has 4 heteroatoms. The Morgan fingerprint density at radius 3 is 2.28 bits per heavy atom. The fourth-order valence-corrected chi connectivity index (χ4v) is 2.85. The van der Waals surface area contributed by atoms with Crippen LogP contribution in [-0.4, -0.2) is 5.11 Å². The predicted molar refractivity (Wildman–Crippen MR) is 118 cm³/mol. The van der Waals surface area contributed by atoms with Crippen LogP contribution in [0.5, 0.6) is 11.5 Å². The lowest BCUT2D eigenvalue weighted by molar-refractivity contribution is 0.304. The predicted octanol–water partition coefficient (Wildman–Crippen LogP) is 7.33. The van der Waals surface area contributed by atoms with Crippen LogP contribution in [0.2, 0.25) is 0 Å². The number of benzene rings is 3. The third-order valence-corrected chi connectivity index (χ3v) is 4.52. The van der Waals surface area contributed by atoms with E-state index >= 15 is 0 Å². The molecule has 0 bridgehead atoms. The average molecular weight is 386 g/mol. The van der Waals surface area contributed by atoms with Crippen molar-refractivity contribution < 1.29 is 9.84 Å². The van der Waals surface area contributed by atoms with Crippen molar-refractivity contribution in [3.63, 3.8) is 0 Å². The van der Waals surface area contributed by atoms with Gasteiger partial charge in [-0.3, -0.25) is 0 Å². The Bertz CT molecular complexity index is 1000. The molecule has 0 aliphatic carbocycles. The van der Waals surface area contributed by atoms with E-state index in [4.69, 9.17) is 4.74 Å². The lowest BCUT2D eigenvalue weighted by atomic mass is 9.86. The maximum Gasteiger partial charge on any atom is 0.147 e. The van der Waals surface area contributed by atoms with Crippen LogP contribution in [0.15, 0.2) is 83.5 Å². The molecule has 0 spiro atoms. The zero-order chi connectivity index (χ0) is 20.9. The fourth-order valence-electron chi connectivity index (χ4n) is 2.85. The van der Waals surface area contributed by atoms with E-state index in [1.807, 2.05) is 87.5 Å². The third-order valence-electron chi connectivity index (χ3n) is 4.52. The molecule has 3 aromatic rings. The summed E-state index contributed by atoms with van der Waals surface area (Å²) in [6.45, 7) is 10.3. The van der Waals surface area contributed by atoms with E-state index in [2.05, 4.69) is 16.8 Å². The van der Waals surface area contributed by atoms with Gasteiger partial charge in [0.2, 0.25) is 0 Å². The first-order chi connectivity index (χ1) is 13.9. The second kappa shape index (κ2) is 8.74. The molecule has 0 saturated heterocycles. The standard InChI is InChI=1S/C25H26N2O2/c1-5-18-11-13-19(14-12-18)17-29-21-15-22(25(2,3)4)24(28)23(16-21)27-26-20-9-7-6-8-10-20/h5-16,28H,1,17H2,2-4H3. The van der Waals surface area contributed by atoms with Crippen LogP contribution in [-0.2, 0) is 12.0 Å². The first-order valence-electron chi connectivity index (χ1n) is 9.55. The Kier molecular flexibility index (Phi) is 6.13. The van der Waals surface area contributed by atoms with Crippen LogP contribution in [0.3, 0.4) is 0 Å². The van der Waals surface area contributed by atoms with Gasteiger partial charge in [0.15, 0.2) is 0 Å². The van der Waals surface area contributed by atoms with Gasteiger partial charge in [0.25, 0.3) is 0 Å². The summed E-state index contributed by atoms with van der Waals surface area (Å²) < 4.78 is 6.01. The molecule has 3 aromatic carbocycles. The van der Waals surface area contributed by atoms with Gasteiger partial charge in [0, 0.05) is 11.6 Å². The minimum absolute atomic E-state index is 0.125. The van der Waals surface area contributed by atoms with Crippen LogP contribution in [0, 0.1) is 0 Å². The van der Waals surface area contributed by atoms with Crippen molar-refractivity contribution in [2.75, 3.05) is 0 Å². The zero-order valence-electron chi connectivity index (χ0n) is 17.1. The van der Waals surface area contributed by atoms with Gasteiger partial charge in [-0.1, -0.05) is 75.9 Å². The monoisotopic (exact) mass is 386 g/mol. The fraction of sp³-hybridized carbons (Fsp3) is 0.200. The molecule has 0 atom stereocenters. The molecule has 148 valence electrons. The molecule has 0 aromatic heterocycles. The summed E-state index contributed by atoms with van der Waals surface area (Å²) in [6.07, 6.45) is 1.81. The first kappa shape index (κ1) is 20.3. The quantitative estimate of drug-likeness (QED) is 0.451. The molecule has 29 heavy (non-hydrogen) atoms. The van der Waals surface area contributed by atoms with Gasteiger partial charge in [-0.2, -0.15) is 5.11 Å². The summed E-state index contributed by atoms with van der Waals surface area (Å²) in [5.74, 6) is 0.766. The van der Waals surface area contributed by atoms with Gasteiger partial charge in [0.05, 0.1) is 5.69 Å². The second-order valence-electron chi connectivity index (χ2n) is 7.86. The summed E-state index contributed by atoms with van der Waals surface area (Å²) in [6, 6.07) is 21.0. The number of aromatic hydroxyl groups is 1. The number of phenols is 1. The Balaban J connectivity index is 1.89. The molecule has 0 saturated carbocycles. The molecule has 0 amide bonds. The summed E-state index contributed by atoms with van der Waals surface area (Å²) >= 11 is 0. The summed E-state index contributed by atoms with van der Waals surface area (Å²) in [7, 11) is 0. The minimum atomic E-state index is -0.272. The summed E-state index contributed by atoms with van der Waals surface area (Å²) in [5.41, 5.74) is 3.71. The smallest absolute Gasteiger partial charge is 0.147 e. The largest absolute Gasteiger partial charge is 0.505 e. The van der Waals surface area contributed by atoms with Gasteiger partial charge >= 0.3 is 0 Å². The maximum absolute atomic E-state index is 10.8. The van der Waals surface area contributed by atoms with Crippen molar-refractivity contribution in [1.29, 1.82) is 0 Å². The number of hydrogen-bond acceptors (Lipinski definition) is 4. The first-order valence-corrected chi connectivity index (χ1v) is 9.55. The Hall–Kier alpha value is -3.40. The van der Waals surface area contributed by atoms with E-state index in [0.29, 0.717) is 18.0 Å². The molecule has 0 aliphatic heterocycles. The molecule has 3 rings (SSSR count). The maximum atomic E-state index is 10.8. The van der Waals surface area contributed by atoms with Crippen molar-refractivity contribution in [3.8, 4) is 11.5 Å². The van der Waals surface area contributed by atoms with Crippen LogP contribution < -0.4 is 4.74 Å². The van der Waals surface area contributed by atoms with Gasteiger partial charge in [-0.15, -0.1) is 5.11 Å². The number of azo groups is 1. The molecule has 0 radical (unpaired) electrons. The van der Waals surface area contributed by atoms with Crippen molar-refractivity contribution in [1.82, 2.24) is 0 Å². The lowest BCUT2D eigenvalue weighted by Gasteiger charge is -2.22. The van der Waals surface area contributed by atoms with Crippen molar-refractivity contribution in [2.45, 2.75) is 32.8 Å².